The van der Waals surface area contributed by atoms with Crippen LogP contribution in [0.1, 0.15) is 29.9 Å². The van der Waals surface area contributed by atoms with Crippen molar-refractivity contribution >= 4 is 34.0 Å². The average molecular weight is 397 g/mol. The maximum absolute atomic E-state index is 12.4. The number of carbonyl (C=O) groups is 2. The summed E-state index contributed by atoms with van der Waals surface area (Å²) in [6, 6.07) is 12.5. The van der Waals surface area contributed by atoms with E-state index in [1.54, 1.807) is 23.7 Å². The van der Waals surface area contributed by atoms with E-state index in [0.717, 1.165) is 5.69 Å². The SMILES string of the molecule is CCOc1ncccc1C(=O)OCc1csc(N(C(C)=O)c2ccccc2)n1. The lowest BCUT2D eigenvalue weighted by Gasteiger charge is -2.17. The lowest BCUT2D eigenvalue weighted by Crippen LogP contribution is -2.22. The fraction of sp³-hybridized carbons (Fsp3) is 0.200. The fourth-order valence-electron chi connectivity index (χ4n) is 2.48. The molecule has 144 valence electrons. The van der Waals surface area contributed by atoms with Gasteiger partial charge < -0.3 is 9.47 Å². The first-order chi connectivity index (χ1) is 13.6. The maximum atomic E-state index is 12.4. The Morgan fingerprint density at radius 1 is 1.14 bits per heavy atom. The van der Waals surface area contributed by atoms with Gasteiger partial charge in [-0.3, -0.25) is 9.69 Å². The molecule has 0 radical (unpaired) electrons. The molecule has 1 amide bonds. The highest BCUT2D eigenvalue weighted by Crippen LogP contribution is 2.29. The van der Waals surface area contributed by atoms with Gasteiger partial charge in [-0.1, -0.05) is 18.2 Å². The summed E-state index contributed by atoms with van der Waals surface area (Å²) in [5.74, 6) is -0.459. The Bertz CT molecular complexity index is 959. The van der Waals surface area contributed by atoms with Gasteiger partial charge >= 0.3 is 5.97 Å². The van der Waals surface area contributed by atoms with Gasteiger partial charge in [0.2, 0.25) is 11.8 Å². The number of esters is 1. The van der Waals surface area contributed by atoms with E-state index in [9.17, 15) is 9.59 Å². The topological polar surface area (TPSA) is 81.6 Å². The van der Waals surface area contributed by atoms with Crippen LogP contribution in [0.25, 0.3) is 0 Å². The van der Waals surface area contributed by atoms with Crippen LogP contribution in [-0.2, 0) is 16.1 Å². The minimum Gasteiger partial charge on any atom is -0.477 e. The number of nitrogens with zero attached hydrogens (tertiary/aromatic N) is 3. The van der Waals surface area contributed by atoms with Crippen LogP contribution in [0.3, 0.4) is 0 Å². The van der Waals surface area contributed by atoms with E-state index in [-0.39, 0.29) is 24.0 Å². The van der Waals surface area contributed by atoms with Crippen molar-refractivity contribution in [1.82, 2.24) is 9.97 Å². The van der Waals surface area contributed by atoms with Crippen molar-refractivity contribution in [1.29, 1.82) is 0 Å². The summed E-state index contributed by atoms with van der Waals surface area (Å²) in [6.07, 6.45) is 1.55. The summed E-state index contributed by atoms with van der Waals surface area (Å²) < 4.78 is 10.7. The van der Waals surface area contributed by atoms with Crippen LogP contribution in [0.15, 0.2) is 54.0 Å². The van der Waals surface area contributed by atoms with E-state index >= 15 is 0 Å². The van der Waals surface area contributed by atoms with Gasteiger partial charge in [0.05, 0.1) is 18.0 Å². The van der Waals surface area contributed by atoms with Gasteiger partial charge in [0.25, 0.3) is 0 Å². The fourth-order valence-corrected chi connectivity index (χ4v) is 3.36. The molecule has 0 N–H and O–H groups in total. The number of thiazole rings is 1. The summed E-state index contributed by atoms with van der Waals surface area (Å²) >= 11 is 1.31. The van der Waals surface area contributed by atoms with E-state index < -0.39 is 5.97 Å². The van der Waals surface area contributed by atoms with Crippen LogP contribution in [0.2, 0.25) is 0 Å². The first kappa shape index (κ1) is 19.5. The molecule has 0 bridgehead atoms. The molecule has 8 heteroatoms. The number of hydrogen-bond acceptors (Lipinski definition) is 7. The molecule has 7 nitrogen and oxygen atoms in total. The third-order valence-electron chi connectivity index (χ3n) is 3.68. The molecule has 0 saturated heterocycles. The summed E-state index contributed by atoms with van der Waals surface area (Å²) in [4.78, 5) is 34.4. The van der Waals surface area contributed by atoms with Crippen molar-refractivity contribution in [3.8, 4) is 5.88 Å². The highest BCUT2D eigenvalue weighted by molar-refractivity contribution is 7.14. The average Bonchev–Trinajstić information content (AvgIpc) is 3.16. The molecule has 28 heavy (non-hydrogen) atoms. The van der Waals surface area contributed by atoms with Crippen LogP contribution >= 0.6 is 11.3 Å². The Labute approximate surface area is 166 Å². The molecule has 0 saturated carbocycles. The van der Waals surface area contributed by atoms with E-state index in [2.05, 4.69) is 9.97 Å². The molecule has 2 heterocycles. The zero-order valence-electron chi connectivity index (χ0n) is 15.5. The largest absolute Gasteiger partial charge is 0.477 e. The number of benzene rings is 1. The number of anilines is 2. The van der Waals surface area contributed by atoms with Gasteiger partial charge in [0.15, 0.2) is 5.13 Å². The molecule has 0 aliphatic rings. The molecule has 2 aromatic heterocycles. The number of amides is 1. The second-order valence-electron chi connectivity index (χ2n) is 5.68. The first-order valence-electron chi connectivity index (χ1n) is 8.65. The van der Waals surface area contributed by atoms with Crippen LogP contribution in [-0.4, -0.2) is 28.5 Å². The number of carbonyl (C=O) groups excluding carboxylic acids is 2. The summed E-state index contributed by atoms with van der Waals surface area (Å²) in [5, 5.41) is 2.27. The second-order valence-corrected chi connectivity index (χ2v) is 6.51. The van der Waals surface area contributed by atoms with Crippen LogP contribution in [0.4, 0.5) is 10.8 Å². The smallest absolute Gasteiger partial charge is 0.344 e. The Morgan fingerprint density at radius 3 is 2.64 bits per heavy atom. The predicted molar refractivity (Wildman–Crippen MR) is 106 cm³/mol. The second kappa shape index (κ2) is 9.09. The standard InChI is InChI=1S/C20H19N3O4S/c1-3-26-18-17(10-7-11-21-18)19(25)27-12-15-13-28-20(22-15)23(14(2)24)16-8-5-4-6-9-16/h4-11,13H,3,12H2,1-2H3. The van der Waals surface area contributed by atoms with Gasteiger partial charge in [-0.05, 0) is 31.2 Å². The summed E-state index contributed by atoms with van der Waals surface area (Å²) in [6.45, 7) is 3.67. The minimum atomic E-state index is -0.544. The van der Waals surface area contributed by atoms with Crippen molar-refractivity contribution in [2.45, 2.75) is 20.5 Å². The van der Waals surface area contributed by atoms with E-state index in [4.69, 9.17) is 9.47 Å². The van der Waals surface area contributed by atoms with Crippen molar-refractivity contribution in [3.05, 3.63) is 65.3 Å². The van der Waals surface area contributed by atoms with Gasteiger partial charge in [0.1, 0.15) is 12.2 Å². The van der Waals surface area contributed by atoms with Crippen LogP contribution < -0.4 is 9.64 Å². The lowest BCUT2D eigenvalue weighted by atomic mass is 10.3. The van der Waals surface area contributed by atoms with Crippen LogP contribution in [0.5, 0.6) is 5.88 Å². The number of rotatable bonds is 7. The number of para-hydroxylation sites is 1. The maximum Gasteiger partial charge on any atom is 0.344 e. The number of aromatic nitrogens is 2. The number of pyridine rings is 1. The monoisotopic (exact) mass is 397 g/mol. The minimum absolute atomic E-state index is 0.0175. The molecule has 3 aromatic rings. The molecule has 0 atom stereocenters. The summed E-state index contributed by atoms with van der Waals surface area (Å²) in [7, 11) is 0. The Kier molecular flexibility index (Phi) is 6.33. The quantitative estimate of drug-likeness (QED) is 0.561. The Balaban J connectivity index is 1.71. The molecule has 0 unspecified atom stereocenters. The van der Waals surface area contributed by atoms with E-state index in [0.29, 0.717) is 17.4 Å². The number of ether oxygens (including phenoxy) is 2. The van der Waals surface area contributed by atoms with Crippen molar-refractivity contribution < 1.29 is 19.1 Å². The zero-order chi connectivity index (χ0) is 19.9. The molecule has 0 spiro atoms. The molecule has 3 rings (SSSR count). The Morgan fingerprint density at radius 2 is 1.93 bits per heavy atom. The van der Waals surface area contributed by atoms with Crippen molar-refractivity contribution in [3.63, 3.8) is 0 Å². The molecule has 1 aromatic carbocycles. The molecular weight excluding hydrogens is 378 g/mol. The normalized spacial score (nSPS) is 10.4. The lowest BCUT2D eigenvalue weighted by molar-refractivity contribution is -0.115. The molecule has 0 fully saturated rings. The number of hydrogen-bond donors (Lipinski definition) is 0. The molecule has 0 aliphatic carbocycles. The Hall–Kier alpha value is -3.26. The highest BCUT2D eigenvalue weighted by atomic mass is 32.1. The molecular formula is C20H19N3O4S. The van der Waals surface area contributed by atoms with E-state index in [1.165, 1.54) is 23.2 Å². The van der Waals surface area contributed by atoms with Gasteiger partial charge in [-0.2, -0.15) is 0 Å². The first-order valence-corrected chi connectivity index (χ1v) is 9.53. The van der Waals surface area contributed by atoms with Gasteiger partial charge in [-0.25, -0.2) is 14.8 Å². The van der Waals surface area contributed by atoms with Gasteiger partial charge in [0, 0.05) is 18.5 Å². The third kappa shape index (κ3) is 4.52. The zero-order valence-corrected chi connectivity index (χ0v) is 16.3. The van der Waals surface area contributed by atoms with Crippen molar-refractivity contribution in [2.75, 3.05) is 11.5 Å². The summed E-state index contributed by atoms with van der Waals surface area (Å²) in [5.41, 5.74) is 1.54. The van der Waals surface area contributed by atoms with Gasteiger partial charge in [-0.15, -0.1) is 11.3 Å². The van der Waals surface area contributed by atoms with Crippen LogP contribution in [0, 0.1) is 0 Å². The van der Waals surface area contributed by atoms with E-state index in [1.807, 2.05) is 37.3 Å². The molecule has 0 aliphatic heterocycles. The van der Waals surface area contributed by atoms with Crippen molar-refractivity contribution in [2.24, 2.45) is 0 Å². The predicted octanol–water partition coefficient (Wildman–Crippen LogP) is 3.98. The highest BCUT2D eigenvalue weighted by Gasteiger charge is 2.19. The third-order valence-corrected chi connectivity index (χ3v) is 4.56.